The van der Waals surface area contributed by atoms with Gasteiger partial charge in [-0.2, -0.15) is 0 Å². The lowest BCUT2D eigenvalue weighted by Crippen LogP contribution is -2.31. The van der Waals surface area contributed by atoms with Crippen molar-refractivity contribution in [3.8, 4) is 0 Å². The van der Waals surface area contributed by atoms with Crippen molar-refractivity contribution in [1.29, 1.82) is 5.41 Å². The second-order valence-corrected chi connectivity index (χ2v) is 5.45. The van der Waals surface area contributed by atoms with Crippen molar-refractivity contribution in [3.63, 3.8) is 0 Å². The van der Waals surface area contributed by atoms with E-state index in [-0.39, 0.29) is 5.84 Å². The zero-order valence-electron chi connectivity index (χ0n) is 12.0. The van der Waals surface area contributed by atoms with Gasteiger partial charge in [0.1, 0.15) is 11.7 Å². The molecule has 1 aromatic heterocycles. The molecule has 4 nitrogen and oxygen atoms in total. The summed E-state index contributed by atoms with van der Waals surface area (Å²) in [4.78, 5) is 6.97. The largest absolute Gasteiger partial charge is 0.384 e. The molecule has 0 aliphatic carbocycles. The van der Waals surface area contributed by atoms with Gasteiger partial charge in [0.25, 0.3) is 0 Å². The Morgan fingerprint density at radius 1 is 1.16 bits per heavy atom. The van der Waals surface area contributed by atoms with Crippen LogP contribution in [0.1, 0.15) is 48.9 Å². The molecule has 2 rings (SSSR count). The Balaban J connectivity index is 2.38. The summed E-state index contributed by atoms with van der Waals surface area (Å²) in [5.41, 5.74) is 8.62. The van der Waals surface area contributed by atoms with Crippen LogP contribution in [0, 0.1) is 19.3 Å². The molecule has 4 heteroatoms. The number of nitrogen functional groups attached to an aromatic ring is 1. The second kappa shape index (κ2) is 6.04. The van der Waals surface area contributed by atoms with Crippen LogP contribution in [0.25, 0.3) is 0 Å². The van der Waals surface area contributed by atoms with E-state index in [0.29, 0.717) is 0 Å². The molecule has 0 atom stereocenters. The van der Waals surface area contributed by atoms with Crippen molar-refractivity contribution >= 4 is 11.7 Å². The van der Waals surface area contributed by atoms with Crippen LogP contribution in [-0.4, -0.2) is 23.9 Å². The summed E-state index contributed by atoms with van der Waals surface area (Å²) in [6.07, 6.45) is 6.32. The predicted molar refractivity (Wildman–Crippen MR) is 80.0 cm³/mol. The molecule has 0 saturated carbocycles. The molecule has 1 fully saturated rings. The van der Waals surface area contributed by atoms with Gasteiger partial charge < -0.3 is 10.6 Å². The van der Waals surface area contributed by atoms with Gasteiger partial charge in [0.2, 0.25) is 0 Å². The van der Waals surface area contributed by atoms with Crippen LogP contribution in [0.2, 0.25) is 0 Å². The number of amidine groups is 1. The highest BCUT2D eigenvalue weighted by Crippen LogP contribution is 2.24. The van der Waals surface area contributed by atoms with Gasteiger partial charge in [-0.3, -0.25) is 5.41 Å². The Labute approximate surface area is 115 Å². The minimum Gasteiger partial charge on any atom is -0.384 e. The Bertz CT molecular complexity index is 459. The van der Waals surface area contributed by atoms with E-state index in [9.17, 15) is 0 Å². The summed E-state index contributed by atoms with van der Waals surface area (Å²) >= 11 is 0. The summed E-state index contributed by atoms with van der Waals surface area (Å²) < 4.78 is 0. The summed E-state index contributed by atoms with van der Waals surface area (Å²) in [6, 6.07) is 2.00. The molecule has 0 radical (unpaired) electrons. The van der Waals surface area contributed by atoms with Gasteiger partial charge in [0.15, 0.2) is 0 Å². The van der Waals surface area contributed by atoms with Crippen molar-refractivity contribution in [3.05, 3.63) is 22.9 Å². The number of anilines is 1. The fourth-order valence-electron chi connectivity index (χ4n) is 2.84. The highest BCUT2D eigenvalue weighted by Gasteiger charge is 2.18. The van der Waals surface area contributed by atoms with Gasteiger partial charge in [-0.15, -0.1) is 0 Å². The molecular weight excluding hydrogens is 236 g/mol. The normalized spacial score (nSPS) is 16.8. The SMILES string of the molecule is Cc1cc(C)c(C(=N)N)c(N2CCCCCCC2)n1. The predicted octanol–water partition coefficient (Wildman–Crippen LogP) is 2.75. The summed E-state index contributed by atoms with van der Waals surface area (Å²) in [5, 5.41) is 7.82. The highest BCUT2D eigenvalue weighted by atomic mass is 15.2. The number of aromatic nitrogens is 1. The molecule has 0 spiro atoms. The maximum atomic E-state index is 7.82. The second-order valence-electron chi connectivity index (χ2n) is 5.45. The maximum Gasteiger partial charge on any atom is 0.140 e. The molecule has 0 amide bonds. The quantitative estimate of drug-likeness (QED) is 0.634. The summed E-state index contributed by atoms with van der Waals surface area (Å²) in [6.45, 7) is 6.07. The van der Waals surface area contributed by atoms with Crippen LogP contribution < -0.4 is 10.6 Å². The van der Waals surface area contributed by atoms with E-state index in [1.54, 1.807) is 0 Å². The first kappa shape index (κ1) is 13.8. The average molecular weight is 260 g/mol. The highest BCUT2D eigenvalue weighted by molar-refractivity contribution is 6.01. The molecule has 1 aliphatic heterocycles. The minimum absolute atomic E-state index is 0.127. The number of pyridine rings is 1. The van der Waals surface area contributed by atoms with Crippen LogP contribution in [0.15, 0.2) is 6.07 Å². The van der Waals surface area contributed by atoms with Crippen molar-refractivity contribution in [2.75, 3.05) is 18.0 Å². The van der Waals surface area contributed by atoms with E-state index in [1.165, 1.54) is 32.1 Å². The van der Waals surface area contributed by atoms with Crippen LogP contribution >= 0.6 is 0 Å². The van der Waals surface area contributed by atoms with Gasteiger partial charge >= 0.3 is 0 Å². The molecule has 1 saturated heterocycles. The Morgan fingerprint density at radius 2 is 1.74 bits per heavy atom. The summed E-state index contributed by atoms with van der Waals surface area (Å²) in [5.74, 6) is 1.04. The van der Waals surface area contributed by atoms with Crippen LogP contribution in [0.4, 0.5) is 5.82 Å². The number of hydrogen-bond acceptors (Lipinski definition) is 3. The van der Waals surface area contributed by atoms with Crippen molar-refractivity contribution < 1.29 is 0 Å². The van der Waals surface area contributed by atoms with Gasteiger partial charge in [-0.05, 0) is 38.3 Å². The molecule has 0 bridgehead atoms. The van der Waals surface area contributed by atoms with Crippen molar-refractivity contribution in [1.82, 2.24) is 4.98 Å². The number of nitrogens with two attached hydrogens (primary N) is 1. The molecule has 19 heavy (non-hydrogen) atoms. The molecule has 1 aliphatic rings. The van der Waals surface area contributed by atoms with Gasteiger partial charge in [0, 0.05) is 18.8 Å². The number of aryl methyl sites for hydroxylation is 2. The van der Waals surface area contributed by atoms with Crippen LogP contribution in [0.5, 0.6) is 0 Å². The minimum atomic E-state index is 0.127. The average Bonchev–Trinajstić information content (AvgIpc) is 2.26. The van der Waals surface area contributed by atoms with E-state index >= 15 is 0 Å². The molecule has 0 unspecified atom stereocenters. The van der Waals surface area contributed by atoms with Gasteiger partial charge in [0.05, 0.1) is 5.56 Å². The topological polar surface area (TPSA) is 66.0 Å². The number of hydrogen-bond donors (Lipinski definition) is 2. The molecule has 0 aromatic carbocycles. The summed E-state index contributed by atoms with van der Waals surface area (Å²) in [7, 11) is 0. The molecule has 2 heterocycles. The van der Waals surface area contributed by atoms with E-state index in [2.05, 4.69) is 9.88 Å². The lowest BCUT2D eigenvalue weighted by molar-refractivity contribution is 0.553. The fraction of sp³-hybridized carbons (Fsp3) is 0.600. The van der Waals surface area contributed by atoms with Crippen molar-refractivity contribution in [2.24, 2.45) is 5.73 Å². The van der Waals surface area contributed by atoms with E-state index in [4.69, 9.17) is 11.1 Å². The third-order valence-electron chi connectivity index (χ3n) is 3.75. The van der Waals surface area contributed by atoms with E-state index < -0.39 is 0 Å². The van der Waals surface area contributed by atoms with E-state index in [0.717, 1.165) is 35.7 Å². The Hall–Kier alpha value is -1.58. The molecule has 1 aromatic rings. The smallest absolute Gasteiger partial charge is 0.140 e. The number of nitrogens with zero attached hydrogens (tertiary/aromatic N) is 2. The zero-order valence-corrected chi connectivity index (χ0v) is 12.0. The lowest BCUT2D eigenvalue weighted by atomic mass is 10.0. The Morgan fingerprint density at radius 3 is 2.32 bits per heavy atom. The third-order valence-corrected chi connectivity index (χ3v) is 3.75. The number of nitrogens with one attached hydrogen (secondary N) is 1. The maximum absolute atomic E-state index is 7.82. The zero-order chi connectivity index (χ0) is 13.8. The Kier molecular flexibility index (Phi) is 4.40. The fourth-order valence-corrected chi connectivity index (χ4v) is 2.84. The monoisotopic (exact) mass is 260 g/mol. The van der Waals surface area contributed by atoms with Gasteiger partial charge in [-0.25, -0.2) is 4.98 Å². The molecule has 3 N–H and O–H groups in total. The van der Waals surface area contributed by atoms with Crippen LogP contribution in [-0.2, 0) is 0 Å². The standard InChI is InChI=1S/C15H24N4/c1-11-10-12(2)18-15(13(11)14(16)17)19-8-6-4-3-5-7-9-19/h10H,3-9H2,1-2H3,(H3,16,17). The first-order chi connectivity index (χ1) is 9.09. The first-order valence-corrected chi connectivity index (χ1v) is 7.17. The number of rotatable bonds is 2. The molecule has 104 valence electrons. The lowest BCUT2D eigenvalue weighted by Gasteiger charge is -2.28. The van der Waals surface area contributed by atoms with Crippen LogP contribution in [0.3, 0.4) is 0 Å². The first-order valence-electron chi connectivity index (χ1n) is 7.17. The van der Waals surface area contributed by atoms with E-state index in [1.807, 2.05) is 19.9 Å². The molecular formula is C15H24N4. The van der Waals surface area contributed by atoms with Gasteiger partial charge in [-0.1, -0.05) is 19.3 Å². The third kappa shape index (κ3) is 3.25. The van der Waals surface area contributed by atoms with Crippen molar-refractivity contribution in [2.45, 2.75) is 46.0 Å².